The lowest BCUT2D eigenvalue weighted by atomic mass is 9.99. The van der Waals surface area contributed by atoms with Crippen molar-refractivity contribution in [2.24, 2.45) is 5.73 Å². The van der Waals surface area contributed by atoms with Gasteiger partial charge in [0.25, 0.3) is 0 Å². The van der Waals surface area contributed by atoms with Crippen molar-refractivity contribution in [3.05, 3.63) is 34.9 Å². The van der Waals surface area contributed by atoms with Crippen LogP contribution in [0.5, 0.6) is 0 Å². The van der Waals surface area contributed by atoms with Gasteiger partial charge in [-0.15, -0.1) is 0 Å². The molecule has 0 heterocycles. The summed E-state index contributed by atoms with van der Waals surface area (Å²) in [5.41, 5.74) is 6.11. The summed E-state index contributed by atoms with van der Waals surface area (Å²) in [6, 6.07) is 3.27. The molecule has 0 saturated heterocycles. The Labute approximate surface area is 128 Å². The lowest BCUT2D eigenvalue weighted by Gasteiger charge is -2.12. The summed E-state index contributed by atoms with van der Waals surface area (Å²) in [7, 11) is 0. The number of hydrogen-bond acceptors (Lipinski definition) is 6. The van der Waals surface area contributed by atoms with Crippen molar-refractivity contribution in [2.75, 3.05) is 13.2 Å². The molecule has 120 valence electrons. The van der Waals surface area contributed by atoms with E-state index >= 15 is 0 Å². The first-order chi connectivity index (χ1) is 10.4. The van der Waals surface area contributed by atoms with Crippen molar-refractivity contribution in [3.63, 3.8) is 0 Å². The Morgan fingerprint density at radius 3 is 2.14 bits per heavy atom. The molecule has 0 unspecified atom stereocenters. The molecule has 0 spiro atoms. The topological polar surface area (TPSA) is 116 Å². The van der Waals surface area contributed by atoms with Gasteiger partial charge in [0.05, 0.1) is 24.3 Å². The van der Waals surface area contributed by atoms with E-state index < -0.39 is 23.9 Å². The second kappa shape index (κ2) is 8.14. The molecule has 0 saturated carbocycles. The normalized spacial score (nSPS) is 11.6. The molecule has 1 rings (SSSR count). The van der Waals surface area contributed by atoms with Gasteiger partial charge < -0.3 is 20.3 Å². The molecule has 7 heteroatoms. The minimum absolute atomic E-state index is 0.0326. The summed E-state index contributed by atoms with van der Waals surface area (Å²) in [5, 5.41) is 8.83. The van der Waals surface area contributed by atoms with E-state index in [4.69, 9.17) is 20.3 Å². The number of ether oxygens (including phenoxy) is 2. The smallest absolute Gasteiger partial charge is 0.339 e. The van der Waals surface area contributed by atoms with E-state index in [1.54, 1.807) is 13.8 Å². The number of esters is 2. The van der Waals surface area contributed by atoms with Crippen LogP contribution in [0, 0.1) is 0 Å². The lowest BCUT2D eigenvalue weighted by molar-refractivity contribution is -0.138. The highest BCUT2D eigenvalue weighted by Gasteiger charge is 2.21. The average Bonchev–Trinajstić information content (AvgIpc) is 2.47. The predicted octanol–water partition coefficient (Wildman–Crippen LogP) is 0.994. The Balaban J connectivity index is 3.16. The van der Waals surface area contributed by atoms with Crippen LogP contribution in [0.3, 0.4) is 0 Å². The van der Waals surface area contributed by atoms with Gasteiger partial charge in [-0.1, -0.05) is 6.07 Å². The molecule has 0 radical (unpaired) electrons. The van der Waals surface area contributed by atoms with Gasteiger partial charge in [-0.25, -0.2) is 9.59 Å². The number of carbonyl (C=O) groups is 3. The van der Waals surface area contributed by atoms with Crippen molar-refractivity contribution >= 4 is 17.9 Å². The second-order valence-electron chi connectivity index (χ2n) is 4.47. The van der Waals surface area contributed by atoms with E-state index in [0.29, 0.717) is 5.56 Å². The van der Waals surface area contributed by atoms with Crippen LogP contribution in [0.25, 0.3) is 0 Å². The van der Waals surface area contributed by atoms with E-state index in [9.17, 15) is 14.4 Å². The van der Waals surface area contributed by atoms with Gasteiger partial charge in [0, 0.05) is 0 Å². The highest BCUT2D eigenvalue weighted by molar-refractivity contribution is 6.03. The third-order valence-corrected chi connectivity index (χ3v) is 2.85. The maximum atomic E-state index is 12.0. The maximum Gasteiger partial charge on any atom is 0.339 e. The Bertz CT molecular complexity index is 569. The minimum atomic E-state index is -1.15. The molecule has 1 atom stereocenters. The van der Waals surface area contributed by atoms with Crippen LogP contribution < -0.4 is 5.73 Å². The SMILES string of the molecule is CCOC(=O)c1ccc(C[C@H](N)C(=O)O)cc1C(=O)OCC. The molecule has 22 heavy (non-hydrogen) atoms. The number of carbonyl (C=O) groups excluding carboxylic acids is 2. The Morgan fingerprint density at radius 1 is 1.09 bits per heavy atom. The number of aliphatic carboxylic acids is 1. The Hall–Kier alpha value is -2.41. The maximum absolute atomic E-state index is 12.0. The highest BCUT2D eigenvalue weighted by Crippen LogP contribution is 2.16. The molecule has 0 amide bonds. The number of carboxylic acid groups (broad SMARTS) is 1. The summed E-state index contributed by atoms with van der Waals surface area (Å²) in [6.45, 7) is 3.63. The fourth-order valence-electron chi connectivity index (χ4n) is 1.82. The van der Waals surface area contributed by atoms with Crippen LogP contribution in [0.1, 0.15) is 40.1 Å². The summed E-state index contributed by atoms with van der Waals surface area (Å²) >= 11 is 0. The zero-order chi connectivity index (χ0) is 16.7. The Kier molecular flexibility index (Phi) is 6.52. The molecule has 0 bridgehead atoms. The van der Waals surface area contributed by atoms with Gasteiger partial charge in [0.15, 0.2) is 0 Å². The number of nitrogens with two attached hydrogens (primary N) is 1. The van der Waals surface area contributed by atoms with Gasteiger partial charge in [-0.05, 0) is 38.0 Å². The van der Waals surface area contributed by atoms with Crippen molar-refractivity contribution in [2.45, 2.75) is 26.3 Å². The van der Waals surface area contributed by atoms with Gasteiger partial charge in [0.1, 0.15) is 6.04 Å². The third kappa shape index (κ3) is 4.56. The third-order valence-electron chi connectivity index (χ3n) is 2.85. The van der Waals surface area contributed by atoms with Crippen LogP contribution in [0.15, 0.2) is 18.2 Å². The summed E-state index contributed by atoms with van der Waals surface area (Å²) in [5.74, 6) is -2.46. The zero-order valence-corrected chi connectivity index (χ0v) is 12.5. The number of hydrogen-bond donors (Lipinski definition) is 2. The zero-order valence-electron chi connectivity index (χ0n) is 12.5. The van der Waals surface area contributed by atoms with E-state index in [1.165, 1.54) is 18.2 Å². The predicted molar refractivity (Wildman–Crippen MR) is 77.7 cm³/mol. The summed E-state index contributed by atoms with van der Waals surface area (Å²) in [4.78, 5) is 34.6. The van der Waals surface area contributed by atoms with Crippen LogP contribution in [0.4, 0.5) is 0 Å². The van der Waals surface area contributed by atoms with Crippen LogP contribution in [-0.4, -0.2) is 42.3 Å². The van der Waals surface area contributed by atoms with Crippen molar-refractivity contribution < 1.29 is 29.0 Å². The molecular formula is C15H19NO6. The quantitative estimate of drug-likeness (QED) is 0.721. The summed E-state index contributed by atoms with van der Waals surface area (Å²) < 4.78 is 9.80. The highest BCUT2D eigenvalue weighted by atomic mass is 16.5. The number of carboxylic acids is 1. The van der Waals surface area contributed by atoms with Crippen LogP contribution >= 0.6 is 0 Å². The monoisotopic (exact) mass is 309 g/mol. The average molecular weight is 309 g/mol. The first-order valence-electron chi connectivity index (χ1n) is 6.86. The fraction of sp³-hybridized carbons (Fsp3) is 0.400. The van der Waals surface area contributed by atoms with Gasteiger partial charge in [0.2, 0.25) is 0 Å². The van der Waals surface area contributed by atoms with E-state index in [0.717, 1.165) is 0 Å². The number of benzene rings is 1. The largest absolute Gasteiger partial charge is 0.480 e. The molecule has 7 nitrogen and oxygen atoms in total. The second-order valence-corrected chi connectivity index (χ2v) is 4.47. The molecule has 0 aliphatic rings. The van der Waals surface area contributed by atoms with Gasteiger partial charge in [-0.3, -0.25) is 4.79 Å². The standard InChI is InChI=1S/C15H19NO6/c1-3-21-14(19)10-6-5-9(8-12(16)13(17)18)7-11(10)15(20)22-4-2/h5-7,12H,3-4,8,16H2,1-2H3,(H,17,18)/t12-/m0/s1. The Morgan fingerprint density at radius 2 is 1.64 bits per heavy atom. The number of rotatable bonds is 7. The van der Waals surface area contributed by atoms with Crippen LogP contribution in [-0.2, 0) is 20.7 Å². The molecule has 1 aromatic rings. The molecule has 0 aliphatic heterocycles. The van der Waals surface area contributed by atoms with Gasteiger partial charge in [-0.2, -0.15) is 0 Å². The molecular weight excluding hydrogens is 290 g/mol. The first-order valence-corrected chi connectivity index (χ1v) is 6.86. The first kappa shape index (κ1) is 17.6. The minimum Gasteiger partial charge on any atom is -0.480 e. The van der Waals surface area contributed by atoms with Crippen molar-refractivity contribution in [3.8, 4) is 0 Å². The lowest BCUT2D eigenvalue weighted by Crippen LogP contribution is -2.32. The molecule has 1 aromatic carbocycles. The molecule has 0 aromatic heterocycles. The van der Waals surface area contributed by atoms with E-state index in [1.807, 2.05) is 0 Å². The van der Waals surface area contributed by atoms with Crippen LogP contribution in [0.2, 0.25) is 0 Å². The fourth-order valence-corrected chi connectivity index (χ4v) is 1.82. The molecule has 0 fully saturated rings. The van der Waals surface area contributed by atoms with Crippen molar-refractivity contribution in [1.29, 1.82) is 0 Å². The molecule has 0 aliphatic carbocycles. The van der Waals surface area contributed by atoms with E-state index in [-0.39, 0.29) is 30.8 Å². The van der Waals surface area contributed by atoms with Gasteiger partial charge >= 0.3 is 17.9 Å². The van der Waals surface area contributed by atoms with Crippen molar-refractivity contribution in [1.82, 2.24) is 0 Å². The summed E-state index contributed by atoms with van der Waals surface area (Å²) in [6.07, 6.45) is 0.0326. The molecule has 3 N–H and O–H groups in total. The van der Waals surface area contributed by atoms with E-state index in [2.05, 4.69) is 0 Å².